The molecule has 2 N–H and O–H groups in total. The number of fused-ring (bicyclic) bond motifs is 5. The average Bonchev–Trinajstić information content (AvgIpc) is 2.98. The van der Waals surface area contributed by atoms with Crippen molar-refractivity contribution in [1.29, 1.82) is 0 Å². The molecule has 6 heteroatoms. The van der Waals surface area contributed by atoms with Crippen molar-refractivity contribution in [3.05, 3.63) is 52.6 Å². The minimum Gasteiger partial charge on any atom is -0.507 e. The van der Waals surface area contributed by atoms with Gasteiger partial charge in [0.1, 0.15) is 35.4 Å². The highest BCUT2D eigenvalue weighted by atomic mass is 16.5. The van der Waals surface area contributed by atoms with Gasteiger partial charge in [0.15, 0.2) is 11.7 Å². The van der Waals surface area contributed by atoms with Crippen LogP contribution in [0.2, 0.25) is 0 Å². The summed E-state index contributed by atoms with van der Waals surface area (Å²) in [6.07, 6.45) is 1.72. The summed E-state index contributed by atoms with van der Waals surface area (Å²) in [5, 5.41) is 22.5. The molecule has 6 nitrogen and oxygen atoms in total. The van der Waals surface area contributed by atoms with E-state index in [-0.39, 0.29) is 12.4 Å². The fraction of sp³-hybridized carbons (Fsp3) is 0.364. The monoisotopic (exact) mass is 384 g/mol. The lowest BCUT2D eigenvalue weighted by Crippen LogP contribution is -2.41. The van der Waals surface area contributed by atoms with Gasteiger partial charge in [-0.15, -0.1) is 0 Å². The number of rotatable bonds is 4. The highest BCUT2D eigenvalue weighted by molar-refractivity contribution is 5.62. The average molecular weight is 384 g/mol. The number of methoxy groups -OCH3 is 2. The zero-order valence-electron chi connectivity index (χ0n) is 16.4. The first-order valence-corrected chi connectivity index (χ1v) is 9.15. The maximum atomic E-state index is 11.4. The Morgan fingerprint density at radius 2 is 2.00 bits per heavy atom. The number of aliphatic hydroxyl groups is 1. The topological polar surface area (TPSA) is 77.4 Å². The van der Waals surface area contributed by atoms with E-state index in [4.69, 9.17) is 18.9 Å². The summed E-state index contributed by atoms with van der Waals surface area (Å²) in [7, 11) is 3.13. The second-order valence-electron chi connectivity index (χ2n) is 7.38. The fourth-order valence-corrected chi connectivity index (χ4v) is 3.83. The molecule has 0 amide bonds. The van der Waals surface area contributed by atoms with E-state index in [1.54, 1.807) is 38.5 Å². The van der Waals surface area contributed by atoms with Crippen molar-refractivity contribution >= 4 is 0 Å². The summed E-state index contributed by atoms with van der Waals surface area (Å²) in [6, 6.07) is 7.02. The van der Waals surface area contributed by atoms with Crippen LogP contribution in [-0.4, -0.2) is 31.0 Å². The second kappa shape index (κ2) is 6.63. The first kappa shape index (κ1) is 18.5. The van der Waals surface area contributed by atoms with Gasteiger partial charge in [-0.25, -0.2) is 0 Å². The number of hydrogen-bond acceptors (Lipinski definition) is 6. The van der Waals surface area contributed by atoms with Crippen LogP contribution in [0, 0.1) is 0 Å². The summed E-state index contributed by atoms with van der Waals surface area (Å²) in [4.78, 5) is 0. The largest absolute Gasteiger partial charge is 0.507 e. The van der Waals surface area contributed by atoms with Gasteiger partial charge in [0, 0.05) is 23.3 Å². The smallest absolute Gasteiger partial charge is 0.168 e. The first-order valence-electron chi connectivity index (χ1n) is 9.15. The van der Waals surface area contributed by atoms with Crippen LogP contribution in [0.15, 0.2) is 35.9 Å². The normalized spacial score (nSPS) is 21.5. The van der Waals surface area contributed by atoms with Crippen LogP contribution in [0.3, 0.4) is 0 Å². The zero-order chi connectivity index (χ0) is 20.1. The van der Waals surface area contributed by atoms with Gasteiger partial charge in [0.2, 0.25) is 0 Å². The molecule has 2 aliphatic rings. The molecule has 2 heterocycles. The molecular weight excluding hydrogens is 360 g/mol. The number of hydrogen-bond donors (Lipinski definition) is 2. The molecule has 0 fully saturated rings. The highest BCUT2D eigenvalue weighted by Gasteiger charge is 2.54. The van der Waals surface area contributed by atoms with Gasteiger partial charge in [0.05, 0.1) is 19.8 Å². The third-order valence-corrected chi connectivity index (χ3v) is 5.34. The summed E-state index contributed by atoms with van der Waals surface area (Å²) in [5.74, 6) is 2.16. The van der Waals surface area contributed by atoms with Crippen LogP contribution in [0.25, 0.3) is 0 Å². The third kappa shape index (κ3) is 2.67. The summed E-state index contributed by atoms with van der Waals surface area (Å²) < 4.78 is 22.7. The Morgan fingerprint density at radius 1 is 1.21 bits per heavy atom. The standard InChI is InChI=1S/C22H24O6/c1-12(2)5-7-14-16(26-4)10-18-19(20(14)23)21-22(24,11-27-18)15-8-6-13(25-3)9-17(15)28-21/h5-6,8-10,21,23-24H,7,11H2,1-4H3/t21-,22+/m0/s1. The van der Waals surface area contributed by atoms with E-state index in [1.165, 1.54) is 0 Å². The molecule has 148 valence electrons. The van der Waals surface area contributed by atoms with Crippen LogP contribution >= 0.6 is 0 Å². The maximum absolute atomic E-state index is 11.4. The Kier molecular flexibility index (Phi) is 4.38. The molecule has 0 unspecified atom stereocenters. The van der Waals surface area contributed by atoms with Crippen molar-refractivity contribution in [2.75, 3.05) is 20.8 Å². The van der Waals surface area contributed by atoms with Crippen LogP contribution in [-0.2, 0) is 12.0 Å². The van der Waals surface area contributed by atoms with E-state index in [9.17, 15) is 10.2 Å². The van der Waals surface area contributed by atoms with Crippen molar-refractivity contribution in [2.45, 2.75) is 32.0 Å². The molecular formula is C22H24O6. The highest BCUT2D eigenvalue weighted by Crippen LogP contribution is 2.57. The molecule has 0 spiro atoms. The van der Waals surface area contributed by atoms with Crippen LogP contribution in [0.1, 0.15) is 36.6 Å². The summed E-state index contributed by atoms with van der Waals surface area (Å²) in [6.45, 7) is 4.00. The van der Waals surface area contributed by atoms with E-state index in [2.05, 4.69) is 0 Å². The Morgan fingerprint density at radius 3 is 2.68 bits per heavy atom. The molecule has 0 bridgehead atoms. The number of benzene rings is 2. The second-order valence-corrected chi connectivity index (χ2v) is 7.38. The van der Waals surface area contributed by atoms with Gasteiger partial charge in [-0.2, -0.15) is 0 Å². The number of allylic oxidation sites excluding steroid dienone is 2. The molecule has 4 rings (SSSR count). The lowest BCUT2D eigenvalue weighted by Gasteiger charge is -2.35. The van der Waals surface area contributed by atoms with Crippen LogP contribution < -0.4 is 18.9 Å². The number of aromatic hydroxyl groups is 1. The van der Waals surface area contributed by atoms with Crippen molar-refractivity contribution in [3.63, 3.8) is 0 Å². The predicted molar refractivity (Wildman–Crippen MR) is 104 cm³/mol. The minimum absolute atomic E-state index is 0.0138. The lowest BCUT2D eigenvalue weighted by molar-refractivity contribution is -0.0873. The third-order valence-electron chi connectivity index (χ3n) is 5.34. The van der Waals surface area contributed by atoms with Gasteiger partial charge < -0.3 is 29.2 Å². The van der Waals surface area contributed by atoms with Crippen molar-refractivity contribution in [1.82, 2.24) is 0 Å². The Bertz CT molecular complexity index is 960. The van der Waals surface area contributed by atoms with Crippen LogP contribution in [0.4, 0.5) is 0 Å². The van der Waals surface area contributed by atoms with E-state index >= 15 is 0 Å². The summed E-state index contributed by atoms with van der Waals surface area (Å²) in [5.41, 5.74) is 1.41. The minimum atomic E-state index is -1.39. The van der Waals surface area contributed by atoms with E-state index in [0.29, 0.717) is 46.1 Å². The molecule has 2 aliphatic heterocycles. The molecule has 0 aromatic heterocycles. The quantitative estimate of drug-likeness (QED) is 0.784. The first-order chi connectivity index (χ1) is 13.4. The molecule has 2 aromatic rings. The zero-order valence-corrected chi connectivity index (χ0v) is 16.4. The lowest BCUT2D eigenvalue weighted by atomic mass is 9.83. The van der Waals surface area contributed by atoms with Gasteiger partial charge in [0.25, 0.3) is 0 Å². The molecule has 2 atom stereocenters. The van der Waals surface area contributed by atoms with E-state index in [1.807, 2.05) is 19.9 Å². The predicted octanol–water partition coefficient (Wildman–Crippen LogP) is 3.63. The summed E-state index contributed by atoms with van der Waals surface area (Å²) >= 11 is 0. The number of phenols is 1. The van der Waals surface area contributed by atoms with Gasteiger partial charge in [-0.1, -0.05) is 11.6 Å². The molecule has 0 aliphatic carbocycles. The van der Waals surface area contributed by atoms with E-state index in [0.717, 1.165) is 5.57 Å². The van der Waals surface area contributed by atoms with Gasteiger partial charge >= 0.3 is 0 Å². The molecule has 0 saturated carbocycles. The fourth-order valence-electron chi connectivity index (χ4n) is 3.83. The van der Waals surface area contributed by atoms with Crippen molar-refractivity contribution in [3.8, 4) is 28.7 Å². The van der Waals surface area contributed by atoms with Gasteiger partial charge in [-0.3, -0.25) is 0 Å². The molecule has 2 aromatic carbocycles. The maximum Gasteiger partial charge on any atom is 0.168 e. The number of ether oxygens (including phenoxy) is 4. The van der Waals surface area contributed by atoms with Crippen LogP contribution in [0.5, 0.6) is 28.7 Å². The molecule has 0 radical (unpaired) electrons. The Hall–Kier alpha value is -2.86. The van der Waals surface area contributed by atoms with Crippen molar-refractivity contribution < 1.29 is 29.2 Å². The Labute approximate surface area is 163 Å². The molecule has 0 saturated heterocycles. The number of phenolic OH excluding ortho intramolecular Hbond substituents is 1. The SMILES string of the molecule is COc1ccc2c(c1)O[C@H]1c3c(cc(OC)c(CC=C(C)C)c3O)OC[C@@]21O. The van der Waals surface area contributed by atoms with E-state index < -0.39 is 11.7 Å². The molecule has 28 heavy (non-hydrogen) atoms. The Balaban J connectivity index is 1.85. The van der Waals surface area contributed by atoms with Crippen molar-refractivity contribution in [2.24, 2.45) is 0 Å². The van der Waals surface area contributed by atoms with Gasteiger partial charge in [-0.05, 0) is 32.4 Å².